The normalized spacial score (nSPS) is 17.1. The number of nitrogens with zero attached hydrogens (tertiary/aromatic N) is 1. The van der Waals surface area contributed by atoms with Crippen LogP contribution in [0.25, 0.3) is 0 Å². The number of hydrogen-bond donors (Lipinski definition) is 3. The van der Waals surface area contributed by atoms with Crippen molar-refractivity contribution in [2.75, 3.05) is 26.8 Å². The molecule has 29 heavy (non-hydrogen) atoms. The maximum Gasteiger partial charge on any atom is 0.317 e. The monoisotopic (exact) mass is 408 g/mol. The number of benzene rings is 1. The number of rotatable bonds is 14. The van der Waals surface area contributed by atoms with Gasteiger partial charge in [0.2, 0.25) is 0 Å². The van der Waals surface area contributed by atoms with Crippen molar-refractivity contribution in [3.05, 3.63) is 24.3 Å². The molecule has 1 aromatic rings. The Morgan fingerprint density at radius 1 is 1.21 bits per heavy atom. The molecule has 0 spiro atoms. The molecular formula is C21H32N2O6. The highest BCUT2D eigenvalue weighted by molar-refractivity contribution is 5.76. The first-order chi connectivity index (χ1) is 14.0. The number of aliphatic hydroxyl groups is 1. The zero-order chi connectivity index (χ0) is 21.1. The summed E-state index contributed by atoms with van der Waals surface area (Å²) in [5.74, 6) is 0.645. The molecule has 1 saturated heterocycles. The number of carboxylic acid groups (broad SMARTS) is 1. The van der Waals surface area contributed by atoms with Gasteiger partial charge in [0.25, 0.3) is 0 Å². The second-order valence-electron chi connectivity index (χ2n) is 7.31. The van der Waals surface area contributed by atoms with Crippen molar-refractivity contribution >= 4 is 12.0 Å². The van der Waals surface area contributed by atoms with Crippen LogP contribution in [0.4, 0.5) is 4.79 Å². The lowest BCUT2D eigenvalue weighted by Gasteiger charge is -2.24. The molecule has 1 aromatic carbocycles. The predicted molar refractivity (Wildman–Crippen MR) is 108 cm³/mol. The first-order valence-electron chi connectivity index (χ1n) is 10.2. The number of nitrogens with one attached hydrogen (secondary N) is 1. The molecule has 0 aliphatic carbocycles. The van der Waals surface area contributed by atoms with Gasteiger partial charge in [-0.2, -0.15) is 0 Å². The van der Waals surface area contributed by atoms with E-state index in [2.05, 4.69) is 5.32 Å². The number of carboxylic acids is 1. The number of ether oxygens (including phenoxy) is 2. The number of urea groups is 1. The second-order valence-corrected chi connectivity index (χ2v) is 7.31. The molecule has 3 N–H and O–H groups in total. The average Bonchev–Trinajstić information content (AvgIpc) is 3.07. The van der Waals surface area contributed by atoms with E-state index >= 15 is 0 Å². The highest BCUT2D eigenvalue weighted by atomic mass is 16.5. The van der Waals surface area contributed by atoms with Gasteiger partial charge in [-0.3, -0.25) is 4.79 Å². The van der Waals surface area contributed by atoms with Crippen LogP contribution in [0.2, 0.25) is 0 Å². The molecule has 8 heteroatoms. The summed E-state index contributed by atoms with van der Waals surface area (Å²) in [6, 6.07) is 7.18. The van der Waals surface area contributed by atoms with Crippen LogP contribution < -0.4 is 14.8 Å². The van der Waals surface area contributed by atoms with E-state index in [0.717, 1.165) is 31.4 Å². The Bertz CT molecular complexity index is 637. The van der Waals surface area contributed by atoms with E-state index in [0.29, 0.717) is 31.7 Å². The van der Waals surface area contributed by atoms with Gasteiger partial charge in [0.1, 0.15) is 18.1 Å². The quantitative estimate of drug-likeness (QED) is 0.409. The molecule has 0 radical (unpaired) electrons. The smallest absolute Gasteiger partial charge is 0.317 e. The molecule has 1 heterocycles. The van der Waals surface area contributed by atoms with Crippen molar-refractivity contribution in [3.63, 3.8) is 0 Å². The third kappa shape index (κ3) is 8.19. The van der Waals surface area contributed by atoms with Crippen LogP contribution in [0.1, 0.15) is 44.9 Å². The molecule has 2 amide bonds. The molecule has 8 nitrogen and oxygen atoms in total. The summed E-state index contributed by atoms with van der Waals surface area (Å²) in [5.41, 5.74) is 0. The van der Waals surface area contributed by atoms with E-state index in [1.54, 1.807) is 36.3 Å². The molecule has 2 rings (SSSR count). The third-order valence-electron chi connectivity index (χ3n) is 5.07. The Hall–Kier alpha value is -2.48. The van der Waals surface area contributed by atoms with Gasteiger partial charge in [-0.1, -0.05) is 19.3 Å². The standard InChI is InChI=1S/C21H32N2O6/c1-28-18-8-10-19(11-9-18)29-15-17(24)12-13-23-16(14-22-21(23)27)6-4-2-3-5-7-20(25)26/h8-11,16-17,24H,2-7,12-15H2,1H3,(H,22,27)(H,25,26). The van der Waals surface area contributed by atoms with Gasteiger partial charge < -0.3 is 29.9 Å². The fraction of sp³-hybridized carbons (Fsp3) is 0.619. The predicted octanol–water partition coefficient (Wildman–Crippen LogP) is 2.64. The molecule has 2 atom stereocenters. The van der Waals surface area contributed by atoms with Crippen LogP contribution in [-0.4, -0.2) is 66.1 Å². The van der Waals surface area contributed by atoms with Gasteiger partial charge in [-0.25, -0.2) is 4.79 Å². The number of methoxy groups -OCH3 is 1. The summed E-state index contributed by atoms with van der Waals surface area (Å²) in [5, 5.41) is 21.7. The van der Waals surface area contributed by atoms with Crippen molar-refractivity contribution in [1.82, 2.24) is 10.2 Å². The van der Waals surface area contributed by atoms with Crippen molar-refractivity contribution < 1.29 is 29.3 Å². The SMILES string of the molecule is COc1ccc(OCC(O)CCN2C(=O)NCC2CCCCCCC(=O)O)cc1. The van der Waals surface area contributed by atoms with Crippen LogP contribution in [0.15, 0.2) is 24.3 Å². The Kier molecular flexibility index (Phi) is 9.56. The maximum atomic E-state index is 12.1. The first kappa shape index (κ1) is 22.8. The van der Waals surface area contributed by atoms with Crippen LogP contribution in [0.5, 0.6) is 11.5 Å². The summed E-state index contributed by atoms with van der Waals surface area (Å²) >= 11 is 0. The Balaban J connectivity index is 1.65. The number of aliphatic hydroxyl groups excluding tert-OH is 1. The molecular weight excluding hydrogens is 376 g/mol. The molecule has 0 saturated carbocycles. The van der Waals surface area contributed by atoms with Gasteiger partial charge >= 0.3 is 12.0 Å². The molecule has 0 aromatic heterocycles. The fourth-order valence-electron chi connectivity index (χ4n) is 3.37. The van der Waals surface area contributed by atoms with Crippen molar-refractivity contribution in [2.45, 2.75) is 57.1 Å². The Labute approximate surface area is 171 Å². The lowest BCUT2D eigenvalue weighted by Crippen LogP contribution is -2.37. The van der Waals surface area contributed by atoms with Crippen LogP contribution >= 0.6 is 0 Å². The Morgan fingerprint density at radius 2 is 1.90 bits per heavy atom. The summed E-state index contributed by atoms with van der Waals surface area (Å²) in [4.78, 5) is 24.4. The molecule has 1 aliphatic rings. The Morgan fingerprint density at radius 3 is 2.59 bits per heavy atom. The number of aliphatic carboxylic acids is 1. The largest absolute Gasteiger partial charge is 0.497 e. The lowest BCUT2D eigenvalue weighted by atomic mass is 10.1. The van der Waals surface area contributed by atoms with Crippen molar-refractivity contribution in [1.29, 1.82) is 0 Å². The van der Waals surface area contributed by atoms with Crippen LogP contribution in [0, 0.1) is 0 Å². The zero-order valence-corrected chi connectivity index (χ0v) is 17.0. The summed E-state index contributed by atoms with van der Waals surface area (Å²) in [6.07, 6.45) is 4.38. The van der Waals surface area contributed by atoms with Gasteiger partial charge in [0.15, 0.2) is 0 Å². The number of hydrogen-bond acceptors (Lipinski definition) is 5. The molecule has 162 valence electrons. The minimum atomic E-state index is -0.753. The summed E-state index contributed by atoms with van der Waals surface area (Å²) in [7, 11) is 1.60. The van der Waals surface area contributed by atoms with Gasteiger partial charge in [-0.05, 0) is 43.5 Å². The van der Waals surface area contributed by atoms with E-state index in [4.69, 9.17) is 14.6 Å². The van der Waals surface area contributed by atoms with Crippen molar-refractivity contribution in [3.8, 4) is 11.5 Å². The van der Waals surface area contributed by atoms with Crippen molar-refractivity contribution in [2.24, 2.45) is 0 Å². The van der Waals surface area contributed by atoms with Gasteiger partial charge in [0.05, 0.1) is 19.3 Å². The topological polar surface area (TPSA) is 108 Å². The van der Waals surface area contributed by atoms with Gasteiger partial charge in [0, 0.05) is 19.5 Å². The van der Waals surface area contributed by atoms with Gasteiger partial charge in [-0.15, -0.1) is 0 Å². The number of amides is 2. The summed E-state index contributed by atoms with van der Waals surface area (Å²) < 4.78 is 10.7. The molecule has 0 bridgehead atoms. The minimum Gasteiger partial charge on any atom is -0.497 e. The molecule has 2 unspecified atom stereocenters. The van der Waals surface area contributed by atoms with Crippen LogP contribution in [-0.2, 0) is 4.79 Å². The number of unbranched alkanes of at least 4 members (excludes halogenated alkanes) is 3. The minimum absolute atomic E-state index is 0.0934. The van der Waals surface area contributed by atoms with E-state index in [1.165, 1.54) is 0 Å². The lowest BCUT2D eigenvalue weighted by molar-refractivity contribution is -0.137. The third-order valence-corrected chi connectivity index (χ3v) is 5.07. The second kappa shape index (κ2) is 12.2. The van der Waals surface area contributed by atoms with E-state index in [9.17, 15) is 14.7 Å². The van der Waals surface area contributed by atoms with E-state index in [-0.39, 0.29) is 25.1 Å². The maximum absolute atomic E-state index is 12.1. The highest BCUT2D eigenvalue weighted by Crippen LogP contribution is 2.19. The fourth-order valence-corrected chi connectivity index (χ4v) is 3.37. The number of carbonyl (C=O) groups excluding carboxylic acids is 1. The van der Waals surface area contributed by atoms with Crippen LogP contribution in [0.3, 0.4) is 0 Å². The summed E-state index contributed by atoms with van der Waals surface area (Å²) in [6.45, 7) is 1.26. The average molecular weight is 408 g/mol. The number of carbonyl (C=O) groups is 2. The van der Waals surface area contributed by atoms with E-state index < -0.39 is 12.1 Å². The molecule has 1 aliphatic heterocycles. The zero-order valence-electron chi connectivity index (χ0n) is 17.0. The van der Waals surface area contributed by atoms with E-state index in [1.807, 2.05) is 0 Å². The molecule has 1 fully saturated rings. The highest BCUT2D eigenvalue weighted by Gasteiger charge is 2.30. The first-order valence-corrected chi connectivity index (χ1v) is 10.2.